The van der Waals surface area contributed by atoms with E-state index in [1.807, 2.05) is 0 Å². The highest BCUT2D eigenvalue weighted by Crippen LogP contribution is 2.25. The van der Waals surface area contributed by atoms with Gasteiger partial charge in [-0.05, 0) is 0 Å². The van der Waals surface area contributed by atoms with Crippen molar-refractivity contribution >= 4 is 23.2 Å². The summed E-state index contributed by atoms with van der Waals surface area (Å²) in [7, 11) is 1.79. The van der Waals surface area contributed by atoms with Crippen LogP contribution in [0.5, 0.6) is 0 Å². The van der Waals surface area contributed by atoms with Gasteiger partial charge in [-0.2, -0.15) is 0 Å². The molecule has 1 aromatic heterocycles. The highest BCUT2D eigenvalue weighted by atomic mass is 35.5. The molecule has 13 heavy (non-hydrogen) atoms. The van der Waals surface area contributed by atoms with Gasteiger partial charge in [-0.15, -0.1) is 6.42 Å². The molecule has 0 spiro atoms. The minimum Gasteiger partial charge on any atom is -0.382 e. The fourth-order valence-electron chi connectivity index (χ4n) is 0.852. The highest BCUT2D eigenvalue weighted by Gasteiger charge is 2.09. The van der Waals surface area contributed by atoms with Crippen molar-refractivity contribution in [2.24, 2.45) is 0 Å². The van der Waals surface area contributed by atoms with Gasteiger partial charge < -0.3 is 10.6 Å². The number of hydrogen-bond donors (Lipinski definition) is 1. The molecule has 0 saturated carbocycles. The monoisotopic (exact) mass is 196 g/mol. The Morgan fingerprint density at radius 3 is 3.00 bits per heavy atom. The molecule has 0 amide bonds. The summed E-state index contributed by atoms with van der Waals surface area (Å²) in [6.07, 6.45) is 6.50. The molecule has 4 nitrogen and oxygen atoms in total. The van der Waals surface area contributed by atoms with Crippen molar-refractivity contribution in [2.45, 2.75) is 0 Å². The fraction of sp³-hybridized carbons (Fsp3) is 0.250. The Morgan fingerprint density at radius 2 is 2.38 bits per heavy atom. The lowest BCUT2D eigenvalue weighted by molar-refractivity contribution is 0.991. The molecule has 0 aliphatic heterocycles. The van der Waals surface area contributed by atoms with Crippen molar-refractivity contribution in [1.82, 2.24) is 9.97 Å². The molecule has 0 fully saturated rings. The maximum absolute atomic E-state index is 5.86. The third-order valence-electron chi connectivity index (χ3n) is 1.49. The Bertz CT molecular complexity index is 344. The van der Waals surface area contributed by atoms with Crippen molar-refractivity contribution in [3.63, 3.8) is 0 Å². The largest absolute Gasteiger partial charge is 0.382 e. The SMILES string of the molecule is C#CCN(C)c1ncnc(N)c1Cl. The molecule has 0 aliphatic carbocycles. The number of anilines is 2. The molecule has 0 saturated heterocycles. The summed E-state index contributed by atoms with van der Waals surface area (Å²) in [6.45, 7) is 0.427. The van der Waals surface area contributed by atoms with Gasteiger partial charge in [-0.1, -0.05) is 17.5 Å². The molecule has 0 unspecified atom stereocenters. The number of nitrogens with two attached hydrogens (primary N) is 1. The summed E-state index contributed by atoms with van der Waals surface area (Å²) in [4.78, 5) is 9.43. The number of aromatic nitrogens is 2. The molecule has 0 atom stereocenters. The van der Waals surface area contributed by atoms with Crippen LogP contribution in [0.3, 0.4) is 0 Å². The van der Waals surface area contributed by atoms with E-state index in [2.05, 4.69) is 15.9 Å². The quantitative estimate of drug-likeness (QED) is 0.711. The molecule has 0 aliphatic rings. The van der Waals surface area contributed by atoms with E-state index in [0.717, 1.165) is 0 Å². The Labute approximate surface area is 81.7 Å². The Kier molecular flexibility index (Phi) is 2.93. The second-order valence-corrected chi connectivity index (χ2v) is 2.83. The molecule has 0 aromatic carbocycles. The number of rotatable bonds is 2. The second kappa shape index (κ2) is 3.97. The van der Waals surface area contributed by atoms with Crippen molar-refractivity contribution in [1.29, 1.82) is 0 Å². The van der Waals surface area contributed by atoms with Crippen LogP contribution < -0.4 is 10.6 Å². The van der Waals surface area contributed by atoms with E-state index in [1.165, 1.54) is 6.33 Å². The van der Waals surface area contributed by atoms with Crippen LogP contribution in [0.2, 0.25) is 5.02 Å². The number of halogens is 1. The normalized spacial score (nSPS) is 9.31. The van der Waals surface area contributed by atoms with Crippen LogP contribution in [0.1, 0.15) is 0 Å². The molecule has 68 valence electrons. The second-order valence-electron chi connectivity index (χ2n) is 2.46. The van der Waals surface area contributed by atoms with E-state index in [4.69, 9.17) is 23.8 Å². The average Bonchev–Trinajstić information content (AvgIpc) is 2.10. The van der Waals surface area contributed by atoms with E-state index >= 15 is 0 Å². The first-order valence-corrected chi connectivity index (χ1v) is 3.95. The zero-order valence-electron chi connectivity index (χ0n) is 7.16. The molecule has 0 bridgehead atoms. The summed E-state index contributed by atoms with van der Waals surface area (Å²) in [5.41, 5.74) is 5.49. The zero-order chi connectivity index (χ0) is 9.84. The van der Waals surface area contributed by atoms with Gasteiger partial charge >= 0.3 is 0 Å². The van der Waals surface area contributed by atoms with E-state index in [0.29, 0.717) is 17.4 Å². The van der Waals surface area contributed by atoms with E-state index in [-0.39, 0.29) is 5.82 Å². The van der Waals surface area contributed by atoms with Crippen molar-refractivity contribution in [3.8, 4) is 12.3 Å². The molecule has 5 heteroatoms. The first kappa shape index (κ1) is 9.62. The minimum atomic E-state index is 0.260. The predicted molar refractivity (Wildman–Crippen MR) is 53.6 cm³/mol. The Hall–Kier alpha value is -1.47. The van der Waals surface area contributed by atoms with Gasteiger partial charge in [0.15, 0.2) is 5.82 Å². The van der Waals surface area contributed by atoms with Gasteiger partial charge in [0.25, 0.3) is 0 Å². The molecular weight excluding hydrogens is 188 g/mol. The molecular formula is C8H9ClN4. The number of nitrogens with zero attached hydrogens (tertiary/aromatic N) is 3. The maximum atomic E-state index is 5.86. The van der Waals surface area contributed by atoms with Crippen LogP contribution in [-0.2, 0) is 0 Å². The van der Waals surface area contributed by atoms with E-state index in [1.54, 1.807) is 11.9 Å². The van der Waals surface area contributed by atoms with Crippen LogP contribution in [0.25, 0.3) is 0 Å². The Balaban J connectivity index is 3.02. The first-order valence-electron chi connectivity index (χ1n) is 3.57. The van der Waals surface area contributed by atoms with Crippen LogP contribution in [0.4, 0.5) is 11.6 Å². The smallest absolute Gasteiger partial charge is 0.153 e. The van der Waals surface area contributed by atoms with Crippen molar-refractivity contribution in [3.05, 3.63) is 11.3 Å². The summed E-state index contributed by atoms with van der Waals surface area (Å²) < 4.78 is 0. The molecule has 1 aromatic rings. The highest BCUT2D eigenvalue weighted by molar-refractivity contribution is 6.35. The average molecular weight is 197 g/mol. The predicted octanol–water partition coefficient (Wildman–Crippen LogP) is 0.782. The standard InChI is InChI=1S/C8H9ClN4/c1-3-4-13(2)8-6(9)7(10)11-5-12-8/h1,5H,4H2,2H3,(H2,10,11,12). The summed E-state index contributed by atoms with van der Waals surface area (Å²) in [5.74, 6) is 3.29. The molecule has 1 rings (SSSR count). The fourth-order valence-corrected chi connectivity index (χ4v) is 1.09. The Morgan fingerprint density at radius 1 is 1.69 bits per heavy atom. The van der Waals surface area contributed by atoms with Gasteiger partial charge in [0.1, 0.15) is 17.2 Å². The van der Waals surface area contributed by atoms with Crippen LogP contribution in [0, 0.1) is 12.3 Å². The van der Waals surface area contributed by atoms with E-state index in [9.17, 15) is 0 Å². The lowest BCUT2D eigenvalue weighted by Crippen LogP contribution is -2.19. The summed E-state index contributed by atoms with van der Waals surface area (Å²) in [6, 6.07) is 0. The number of nitrogen functional groups attached to an aromatic ring is 1. The van der Waals surface area contributed by atoms with Crippen molar-refractivity contribution in [2.75, 3.05) is 24.2 Å². The molecule has 2 N–H and O–H groups in total. The lowest BCUT2D eigenvalue weighted by atomic mass is 10.4. The van der Waals surface area contributed by atoms with Gasteiger partial charge in [0.2, 0.25) is 0 Å². The van der Waals surface area contributed by atoms with Crippen LogP contribution >= 0.6 is 11.6 Å². The maximum Gasteiger partial charge on any atom is 0.153 e. The minimum absolute atomic E-state index is 0.260. The van der Waals surface area contributed by atoms with Gasteiger partial charge in [-0.25, -0.2) is 9.97 Å². The number of terminal acetylenes is 1. The van der Waals surface area contributed by atoms with E-state index < -0.39 is 0 Å². The summed E-state index contributed by atoms with van der Waals surface area (Å²) in [5, 5.41) is 0.334. The van der Waals surface area contributed by atoms with Crippen LogP contribution in [-0.4, -0.2) is 23.6 Å². The third-order valence-corrected chi connectivity index (χ3v) is 1.85. The van der Waals surface area contributed by atoms with Gasteiger partial charge in [0.05, 0.1) is 6.54 Å². The lowest BCUT2D eigenvalue weighted by Gasteiger charge is -2.15. The van der Waals surface area contributed by atoms with Gasteiger partial charge in [0, 0.05) is 7.05 Å². The van der Waals surface area contributed by atoms with Crippen molar-refractivity contribution < 1.29 is 0 Å². The topological polar surface area (TPSA) is 55.0 Å². The molecule has 0 radical (unpaired) electrons. The molecule has 1 heterocycles. The number of hydrogen-bond acceptors (Lipinski definition) is 4. The summed E-state index contributed by atoms with van der Waals surface area (Å²) >= 11 is 5.86. The first-order chi connectivity index (χ1) is 6.16. The zero-order valence-corrected chi connectivity index (χ0v) is 7.91. The van der Waals surface area contributed by atoms with Gasteiger partial charge in [-0.3, -0.25) is 0 Å². The van der Waals surface area contributed by atoms with Crippen LogP contribution in [0.15, 0.2) is 6.33 Å². The third kappa shape index (κ3) is 2.01.